The minimum atomic E-state index is -0.0974. The van der Waals surface area contributed by atoms with Crippen LogP contribution in [-0.4, -0.2) is 5.97 Å². The van der Waals surface area contributed by atoms with Gasteiger partial charge < -0.3 is 4.74 Å². The van der Waals surface area contributed by atoms with Crippen molar-refractivity contribution in [1.82, 2.24) is 0 Å². The molecule has 0 aromatic heterocycles. The van der Waals surface area contributed by atoms with Crippen LogP contribution in [0.1, 0.15) is 24.8 Å². The molecule has 1 aliphatic rings. The predicted molar refractivity (Wildman–Crippen MR) is 62.7 cm³/mol. The van der Waals surface area contributed by atoms with Gasteiger partial charge in [-0.25, -0.2) is 0 Å². The molecule has 0 N–H and O–H groups in total. The Morgan fingerprint density at radius 1 is 1.31 bits per heavy atom. The van der Waals surface area contributed by atoms with Gasteiger partial charge in [-0.1, -0.05) is 42.5 Å². The number of esters is 1. The molecule has 1 atom stereocenters. The van der Waals surface area contributed by atoms with Crippen LogP contribution in [0.15, 0.2) is 42.5 Å². The molecule has 84 valence electrons. The quantitative estimate of drug-likeness (QED) is 0.573. The number of allylic oxidation sites excluding steroid dienone is 1. The maximum Gasteiger partial charge on any atom is 0.313 e. The molecular weight excluding hydrogens is 200 g/mol. The van der Waals surface area contributed by atoms with Gasteiger partial charge in [0.05, 0.1) is 5.92 Å². The fraction of sp³-hybridized carbons (Fsp3) is 0.357. The van der Waals surface area contributed by atoms with Crippen molar-refractivity contribution in [3.8, 4) is 0 Å². The number of hydrogen-bond acceptors (Lipinski definition) is 2. The second-order valence-electron chi connectivity index (χ2n) is 4.06. The van der Waals surface area contributed by atoms with Crippen molar-refractivity contribution in [1.29, 1.82) is 0 Å². The highest BCUT2D eigenvalue weighted by atomic mass is 16.5. The zero-order valence-corrected chi connectivity index (χ0v) is 9.26. The van der Waals surface area contributed by atoms with E-state index in [0.717, 1.165) is 24.8 Å². The Morgan fingerprint density at radius 3 is 2.81 bits per heavy atom. The predicted octanol–water partition coefficient (Wildman–Crippen LogP) is 3.09. The Labute approximate surface area is 95.9 Å². The van der Waals surface area contributed by atoms with Gasteiger partial charge in [0.2, 0.25) is 0 Å². The van der Waals surface area contributed by atoms with Crippen molar-refractivity contribution < 1.29 is 9.53 Å². The Bertz CT molecular complexity index is 368. The summed E-state index contributed by atoms with van der Waals surface area (Å²) in [6.45, 7) is 0.379. The first-order valence-corrected chi connectivity index (χ1v) is 5.73. The molecule has 0 bridgehead atoms. The highest BCUT2D eigenvalue weighted by Gasteiger charge is 2.18. The third-order valence-corrected chi connectivity index (χ3v) is 2.78. The van der Waals surface area contributed by atoms with Crippen molar-refractivity contribution in [2.75, 3.05) is 0 Å². The number of ether oxygens (including phenoxy) is 1. The SMILES string of the molecule is O=C(OCc1ccccc1)C1C=CCCC1. The first-order chi connectivity index (χ1) is 7.86. The van der Waals surface area contributed by atoms with Crippen LogP contribution in [0.2, 0.25) is 0 Å². The summed E-state index contributed by atoms with van der Waals surface area (Å²) in [5.74, 6) is -0.128. The van der Waals surface area contributed by atoms with E-state index in [4.69, 9.17) is 4.74 Å². The van der Waals surface area contributed by atoms with Gasteiger partial charge in [0.25, 0.3) is 0 Å². The zero-order chi connectivity index (χ0) is 11.2. The molecular formula is C14H16O2. The van der Waals surface area contributed by atoms with Crippen molar-refractivity contribution in [3.63, 3.8) is 0 Å². The largest absolute Gasteiger partial charge is 0.460 e. The average Bonchev–Trinajstić information content (AvgIpc) is 2.38. The van der Waals surface area contributed by atoms with E-state index in [1.165, 1.54) is 0 Å². The summed E-state index contributed by atoms with van der Waals surface area (Å²) in [5, 5.41) is 0. The van der Waals surface area contributed by atoms with Crippen LogP contribution in [0.4, 0.5) is 0 Å². The number of rotatable bonds is 3. The van der Waals surface area contributed by atoms with Crippen LogP contribution in [-0.2, 0) is 16.1 Å². The van der Waals surface area contributed by atoms with E-state index >= 15 is 0 Å². The van der Waals surface area contributed by atoms with Crippen LogP contribution in [0, 0.1) is 5.92 Å². The summed E-state index contributed by atoms with van der Waals surface area (Å²) >= 11 is 0. The van der Waals surface area contributed by atoms with Crippen LogP contribution in [0.5, 0.6) is 0 Å². The number of carbonyl (C=O) groups is 1. The molecule has 1 aromatic rings. The molecule has 2 nitrogen and oxygen atoms in total. The fourth-order valence-electron chi connectivity index (χ4n) is 1.84. The summed E-state index contributed by atoms with van der Waals surface area (Å²) in [4.78, 5) is 11.7. The minimum absolute atomic E-state index is 0.0301. The van der Waals surface area contributed by atoms with Crippen LogP contribution >= 0.6 is 0 Å². The van der Waals surface area contributed by atoms with Crippen molar-refractivity contribution >= 4 is 5.97 Å². The molecule has 2 heteroatoms. The Kier molecular flexibility index (Phi) is 3.76. The number of benzene rings is 1. The molecule has 0 radical (unpaired) electrons. The minimum Gasteiger partial charge on any atom is -0.460 e. The molecule has 0 saturated carbocycles. The standard InChI is InChI=1S/C14H16O2/c15-14(13-9-5-2-6-10-13)16-11-12-7-3-1-4-8-12/h1,3-5,7-9,13H,2,6,10-11H2. The second-order valence-corrected chi connectivity index (χ2v) is 4.06. The smallest absolute Gasteiger partial charge is 0.313 e. The molecule has 0 heterocycles. The molecule has 1 aliphatic carbocycles. The summed E-state index contributed by atoms with van der Waals surface area (Å²) in [6, 6.07) is 9.77. The first-order valence-electron chi connectivity index (χ1n) is 5.73. The van der Waals surface area contributed by atoms with Gasteiger partial charge in [0, 0.05) is 0 Å². The molecule has 0 saturated heterocycles. The molecule has 0 spiro atoms. The van der Waals surface area contributed by atoms with Gasteiger partial charge in [0.15, 0.2) is 0 Å². The lowest BCUT2D eigenvalue weighted by Gasteiger charge is -2.15. The van der Waals surface area contributed by atoms with Gasteiger partial charge in [-0.2, -0.15) is 0 Å². The van der Waals surface area contributed by atoms with E-state index in [-0.39, 0.29) is 11.9 Å². The Morgan fingerprint density at radius 2 is 2.12 bits per heavy atom. The van der Waals surface area contributed by atoms with Gasteiger partial charge in [0.1, 0.15) is 6.61 Å². The Hall–Kier alpha value is -1.57. The molecule has 2 rings (SSSR count). The molecule has 0 amide bonds. The Balaban J connectivity index is 1.84. The van der Waals surface area contributed by atoms with Crippen LogP contribution < -0.4 is 0 Å². The van der Waals surface area contributed by atoms with E-state index in [2.05, 4.69) is 6.08 Å². The molecule has 1 aromatic carbocycles. The third-order valence-electron chi connectivity index (χ3n) is 2.78. The van der Waals surface area contributed by atoms with Gasteiger partial charge >= 0.3 is 5.97 Å². The topological polar surface area (TPSA) is 26.3 Å². The summed E-state index contributed by atoms with van der Waals surface area (Å²) in [6.07, 6.45) is 7.13. The van der Waals surface area contributed by atoms with Crippen molar-refractivity contribution in [3.05, 3.63) is 48.0 Å². The van der Waals surface area contributed by atoms with Gasteiger partial charge in [-0.15, -0.1) is 0 Å². The number of carbonyl (C=O) groups excluding carboxylic acids is 1. The molecule has 1 unspecified atom stereocenters. The normalized spacial score (nSPS) is 19.4. The second kappa shape index (κ2) is 5.50. The lowest BCUT2D eigenvalue weighted by Crippen LogP contribution is -2.17. The lowest BCUT2D eigenvalue weighted by molar-refractivity contribution is -0.148. The van der Waals surface area contributed by atoms with E-state index in [9.17, 15) is 4.79 Å². The summed E-state index contributed by atoms with van der Waals surface area (Å²) in [5.41, 5.74) is 1.04. The van der Waals surface area contributed by atoms with Crippen molar-refractivity contribution in [2.45, 2.75) is 25.9 Å². The average molecular weight is 216 g/mol. The van der Waals surface area contributed by atoms with Gasteiger partial charge in [-0.05, 0) is 24.8 Å². The highest BCUT2D eigenvalue weighted by Crippen LogP contribution is 2.18. The van der Waals surface area contributed by atoms with Crippen LogP contribution in [0.3, 0.4) is 0 Å². The highest BCUT2D eigenvalue weighted by molar-refractivity contribution is 5.74. The van der Waals surface area contributed by atoms with Crippen LogP contribution in [0.25, 0.3) is 0 Å². The third kappa shape index (κ3) is 2.96. The number of hydrogen-bond donors (Lipinski definition) is 0. The molecule has 0 fully saturated rings. The maximum atomic E-state index is 11.7. The molecule has 0 aliphatic heterocycles. The maximum absolute atomic E-state index is 11.7. The molecule has 16 heavy (non-hydrogen) atoms. The summed E-state index contributed by atoms with van der Waals surface area (Å²) < 4.78 is 5.28. The van der Waals surface area contributed by atoms with E-state index < -0.39 is 0 Å². The van der Waals surface area contributed by atoms with E-state index in [1.54, 1.807) is 0 Å². The van der Waals surface area contributed by atoms with E-state index in [1.807, 2.05) is 36.4 Å². The van der Waals surface area contributed by atoms with Crippen molar-refractivity contribution in [2.24, 2.45) is 5.92 Å². The monoisotopic (exact) mass is 216 g/mol. The van der Waals surface area contributed by atoms with Gasteiger partial charge in [-0.3, -0.25) is 4.79 Å². The fourth-order valence-corrected chi connectivity index (χ4v) is 1.84. The lowest BCUT2D eigenvalue weighted by atomic mass is 9.96. The van der Waals surface area contributed by atoms with E-state index in [0.29, 0.717) is 6.61 Å². The first kappa shape index (κ1) is 10.9. The summed E-state index contributed by atoms with van der Waals surface area (Å²) in [7, 11) is 0. The zero-order valence-electron chi connectivity index (χ0n) is 9.26.